The number of nitrogens with one attached hydrogen (secondary N) is 1. The van der Waals surface area contributed by atoms with Gasteiger partial charge in [0.2, 0.25) is 0 Å². The summed E-state index contributed by atoms with van der Waals surface area (Å²) in [6.45, 7) is 21.5. The number of halogens is 2. The zero-order valence-corrected chi connectivity index (χ0v) is 40.1. The van der Waals surface area contributed by atoms with Crippen LogP contribution in [0.5, 0.6) is 11.8 Å². The molecule has 14 heteroatoms. The fourth-order valence-corrected chi connectivity index (χ4v) is 15.8. The molecule has 7 rings (SSSR count). The lowest BCUT2D eigenvalue weighted by Crippen LogP contribution is -2.59. The molecule has 1 amide bonds. The molecule has 11 nitrogen and oxygen atoms in total. The summed E-state index contributed by atoms with van der Waals surface area (Å²) in [5.41, 5.74) is 3.76. The highest BCUT2D eigenvalue weighted by Crippen LogP contribution is 2.44. The van der Waals surface area contributed by atoms with E-state index in [0.29, 0.717) is 63.1 Å². The van der Waals surface area contributed by atoms with Crippen molar-refractivity contribution in [3.05, 3.63) is 47.7 Å². The SMILES string of the molecule is COCOc1cc(-c2ncc3c(NCC4(N(C)C(=O)OC(C)(C)C)CCC4)nc(OCC45CCCN4CCC5)nc3c2F)c2c(C#C[Si](C(C)C)(C(C)C)C(C)C)c(F)ccc2c1. The van der Waals surface area contributed by atoms with Gasteiger partial charge in [-0.1, -0.05) is 53.5 Å². The number of nitrogens with zero attached hydrogens (tertiary/aromatic N) is 5. The van der Waals surface area contributed by atoms with Gasteiger partial charge in [-0.3, -0.25) is 9.88 Å². The van der Waals surface area contributed by atoms with E-state index < -0.39 is 36.9 Å². The fourth-order valence-electron chi connectivity index (χ4n) is 10.6. The lowest BCUT2D eigenvalue weighted by molar-refractivity contribution is -0.0117. The Morgan fingerprint density at radius 2 is 1.65 bits per heavy atom. The first-order valence-corrected chi connectivity index (χ1v) is 24.9. The van der Waals surface area contributed by atoms with E-state index in [1.807, 2.05) is 20.8 Å². The first-order valence-electron chi connectivity index (χ1n) is 22.7. The predicted molar refractivity (Wildman–Crippen MR) is 248 cm³/mol. The summed E-state index contributed by atoms with van der Waals surface area (Å²) < 4.78 is 57.5. The monoisotopic (exact) mass is 884 g/mol. The van der Waals surface area contributed by atoms with Crippen LogP contribution in [0.3, 0.4) is 0 Å². The van der Waals surface area contributed by atoms with E-state index in [-0.39, 0.29) is 35.1 Å². The lowest BCUT2D eigenvalue weighted by atomic mass is 9.75. The number of methoxy groups -OCH3 is 1. The van der Waals surface area contributed by atoms with Gasteiger partial charge >= 0.3 is 12.1 Å². The number of anilines is 1. The average Bonchev–Trinajstić information content (AvgIpc) is 3.79. The number of pyridine rings is 1. The Morgan fingerprint density at radius 1 is 0.968 bits per heavy atom. The Kier molecular flexibility index (Phi) is 13.4. The van der Waals surface area contributed by atoms with Gasteiger partial charge in [0.1, 0.15) is 48.9 Å². The second-order valence-electron chi connectivity index (χ2n) is 19.9. The standard InChI is InChI=1S/C49H66F2N6O5Si/c1-31(2)63(32(3)4,33(5)6)24-17-36-39(50)16-15-34-25-35(61-30-59-11)26-37(40(34)36)42-41(51)43-38(27-52-42)44(53-28-48(18-12-19-48)56(10)46(58)62-47(7,8)9)55-45(54-43)60-29-49-20-13-22-57(49)23-14-21-49/h15-16,25-27,31-33H,12-14,18-23,28-30H2,1-11H3,(H,53,54,55). The quantitative estimate of drug-likeness (QED) is 0.0746. The molecule has 340 valence electrons. The fraction of sp³-hybridized carbons (Fsp3) is 0.592. The van der Waals surface area contributed by atoms with Crippen molar-refractivity contribution in [2.24, 2.45) is 0 Å². The minimum atomic E-state index is -2.31. The second-order valence-corrected chi connectivity index (χ2v) is 25.5. The van der Waals surface area contributed by atoms with Crippen molar-refractivity contribution in [1.82, 2.24) is 24.8 Å². The first-order chi connectivity index (χ1) is 29.8. The molecule has 0 bridgehead atoms. The van der Waals surface area contributed by atoms with Crippen molar-refractivity contribution in [2.75, 3.05) is 52.5 Å². The highest BCUT2D eigenvalue weighted by Gasteiger charge is 2.46. The van der Waals surface area contributed by atoms with Crippen LogP contribution in [0.25, 0.3) is 32.9 Å². The zero-order valence-electron chi connectivity index (χ0n) is 39.1. The van der Waals surface area contributed by atoms with Gasteiger partial charge in [0.05, 0.1) is 22.0 Å². The molecule has 1 saturated carbocycles. The molecule has 2 aliphatic heterocycles. The molecule has 4 aromatic rings. The Bertz CT molecular complexity index is 2370. The number of hydrogen-bond donors (Lipinski definition) is 1. The maximum absolute atomic E-state index is 17.7. The van der Waals surface area contributed by atoms with Crippen molar-refractivity contribution >= 4 is 41.7 Å². The summed E-state index contributed by atoms with van der Waals surface area (Å²) in [6.07, 6.45) is 7.79. The van der Waals surface area contributed by atoms with Gasteiger partial charge in [0.15, 0.2) is 12.6 Å². The van der Waals surface area contributed by atoms with E-state index in [1.54, 1.807) is 36.3 Å². The van der Waals surface area contributed by atoms with Gasteiger partial charge < -0.3 is 29.2 Å². The van der Waals surface area contributed by atoms with Crippen molar-refractivity contribution in [3.8, 4) is 34.5 Å². The van der Waals surface area contributed by atoms with Crippen LogP contribution in [0, 0.1) is 23.1 Å². The molecular weight excluding hydrogens is 819 g/mol. The molecule has 1 aliphatic carbocycles. The molecule has 4 heterocycles. The number of ether oxygens (including phenoxy) is 4. The number of benzene rings is 2. The lowest BCUT2D eigenvalue weighted by Gasteiger charge is -2.48. The third-order valence-corrected chi connectivity index (χ3v) is 20.4. The predicted octanol–water partition coefficient (Wildman–Crippen LogP) is 10.9. The smallest absolute Gasteiger partial charge is 0.410 e. The van der Waals surface area contributed by atoms with Crippen LogP contribution in [0.4, 0.5) is 19.4 Å². The summed E-state index contributed by atoms with van der Waals surface area (Å²) in [7, 11) is 0.977. The van der Waals surface area contributed by atoms with Gasteiger partial charge in [-0.15, -0.1) is 5.54 Å². The zero-order chi connectivity index (χ0) is 45.5. The number of fused-ring (bicyclic) bond motifs is 3. The molecule has 0 spiro atoms. The summed E-state index contributed by atoms with van der Waals surface area (Å²) in [6, 6.07) is 6.55. The topological polar surface area (TPSA) is 111 Å². The van der Waals surface area contributed by atoms with Crippen molar-refractivity contribution in [3.63, 3.8) is 0 Å². The molecular formula is C49H66F2N6O5Si. The van der Waals surface area contributed by atoms with Crippen molar-refractivity contribution < 1.29 is 32.5 Å². The number of likely N-dealkylation sites (N-methyl/N-ethyl adjacent to an activating group) is 1. The Labute approximate surface area is 373 Å². The van der Waals surface area contributed by atoms with E-state index in [1.165, 1.54) is 13.2 Å². The van der Waals surface area contributed by atoms with Gasteiger partial charge in [0, 0.05) is 37.8 Å². The number of carbonyl (C=O) groups is 1. The third-order valence-electron chi connectivity index (χ3n) is 14.1. The van der Waals surface area contributed by atoms with Gasteiger partial charge in [-0.25, -0.2) is 13.6 Å². The van der Waals surface area contributed by atoms with Crippen molar-refractivity contribution in [1.29, 1.82) is 0 Å². The Hall–Kier alpha value is -4.58. The number of carbonyl (C=O) groups excluding carboxylic acids is 1. The van der Waals surface area contributed by atoms with E-state index in [9.17, 15) is 4.79 Å². The van der Waals surface area contributed by atoms with Gasteiger partial charge in [-0.05, 0) is 119 Å². The van der Waals surface area contributed by atoms with Crippen LogP contribution >= 0.6 is 0 Å². The molecule has 2 aromatic carbocycles. The van der Waals surface area contributed by atoms with Crippen LogP contribution in [0.15, 0.2) is 30.5 Å². The van der Waals surface area contributed by atoms with Crippen molar-refractivity contribution in [2.45, 2.75) is 141 Å². The number of hydrogen-bond acceptors (Lipinski definition) is 10. The normalized spacial score (nSPS) is 17.2. The van der Waals surface area contributed by atoms with Crippen LogP contribution < -0.4 is 14.8 Å². The van der Waals surface area contributed by atoms with E-state index in [0.717, 1.165) is 58.0 Å². The van der Waals surface area contributed by atoms with E-state index >= 15 is 8.78 Å². The average molecular weight is 885 g/mol. The molecule has 1 N–H and O–H groups in total. The van der Waals surface area contributed by atoms with Crippen LogP contribution in [0.2, 0.25) is 16.6 Å². The second kappa shape index (κ2) is 18.1. The molecule has 63 heavy (non-hydrogen) atoms. The highest BCUT2D eigenvalue weighted by atomic mass is 28.3. The number of rotatable bonds is 14. The van der Waals surface area contributed by atoms with Crippen LogP contribution in [-0.2, 0) is 9.47 Å². The molecule has 3 aliphatic rings. The number of amides is 1. The van der Waals surface area contributed by atoms with Gasteiger partial charge in [-0.2, -0.15) is 9.97 Å². The maximum Gasteiger partial charge on any atom is 0.410 e. The van der Waals surface area contributed by atoms with E-state index in [2.05, 4.69) is 63.2 Å². The van der Waals surface area contributed by atoms with E-state index in [4.69, 9.17) is 33.9 Å². The Morgan fingerprint density at radius 3 is 2.25 bits per heavy atom. The molecule has 0 unspecified atom stereocenters. The Balaban J connectivity index is 1.38. The van der Waals surface area contributed by atoms with Crippen LogP contribution in [0.1, 0.15) is 113 Å². The van der Waals surface area contributed by atoms with Gasteiger partial charge in [0.25, 0.3) is 0 Å². The molecule has 0 atom stereocenters. The summed E-state index contributed by atoms with van der Waals surface area (Å²) in [4.78, 5) is 31.8. The highest BCUT2D eigenvalue weighted by molar-refractivity contribution is 6.90. The third kappa shape index (κ3) is 8.94. The minimum absolute atomic E-state index is 0.00546. The molecule has 0 radical (unpaired) electrons. The molecule has 3 fully saturated rings. The summed E-state index contributed by atoms with van der Waals surface area (Å²) >= 11 is 0. The minimum Gasteiger partial charge on any atom is -0.468 e. The summed E-state index contributed by atoms with van der Waals surface area (Å²) in [5.74, 6) is 2.85. The number of aromatic nitrogens is 3. The molecule has 2 aromatic heterocycles. The maximum atomic E-state index is 17.7. The summed E-state index contributed by atoms with van der Waals surface area (Å²) in [5, 5.41) is 4.85. The largest absolute Gasteiger partial charge is 0.468 e. The first kappa shape index (κ1) is 46.4. The van der Waals surface area contributed by atoms with Crippen LogP contribution in [-0.4, -0.2) is 103 Å². The molecule has 2 saturated heterocycles.